The molecule has 1 fully saturated rings. The Labute approximate surface area is 162 Å². The van der Waals surface area contributed by atoms with Gasteiger partial charge in [0, 0.05) is 13.0 Å². The second kappa shape index (κ2) is 8.24. The highest BCUT2D eigenvalue weighted by atomic mass is 32.1. The van der Waals surface area contributed by atoms with E-state index in [1.54, 1.807) is 18.2 Å². The summed E-state index contributed by atoms with van der Waals surface area (Å²) in [5.74, 6) is -0.624. The predicted octanol–water partition coefficient (Wildman–Crippen LogP) is 3.42. The van der Waals surface area contributed by atoms with E-state index in [0.29, 0.717) is 36.1 Å². The molecule has 2 aromatic rings. The zero-order valence-corrected chi connectivity index (χ0v) is 16.5. The lowest BCUT2D eigenvalue weighted by atomic mass is 10.0. The molecule has 1 unspecified atom stereocenters. The molecule has 7 nitrogen and oxygen atoms in total. The molecule has 1 aliphatic heterocycles. The van der Waals surface area contributed by atoms with Crippen LogP contribution in [0.4, 0.5) is 5.00 Å². The number of furan rings is 1. The number of nitrogens with one attached hydrogen (secondary N) is 2. The van der Waals surface area contributed by atoms with Gasteiger partial charge in [-0.25, -0.2) is 0 Å². The highest BCUT2D eigenvalue weighted by Crippen LogP contribution is 2.28. The summed E-state index contributed by atoms with van der Waals surface area (Å²) >= 11 is 1.24. The molecule has 2 N–H and O–H groups in total. The number of carbonyl (C=O) groups is 2. The molecule has 1 saturated heterocycles. The van der Waals surface area contributed by atoms with Crippen LogP contribution in [-0.2, 0) is 9.47 Å². The van der Waals surface area contributed by atoms with Crippen LogP contribution in [0.5, 0.6) is 0 Å². The summed E-state index contributed by atoms with van der Waals surface area (Å²) in [5.41, 5.74) is 0.814. The van der Waals surface area contributed by atoms with Gasteiger partial charge in [-0.2, -0.15) is 0 Å². The molecule has 0 aromatic carbocycles. The van der Waals surface area contributed by atoms with Crippen LogP contribution in [0.25, 0.3) is 0 Å². The van der Waals surface area contributed by atoms with Crippen LogP contribution >= 0.6 is 11.3 Å². The second-order valence-corrected chi connectivity index (χ2v) is 7.96. The maximum atomic E-state index is 12.5. The number of thiophene rings is 1. The molecule has 3 heterocycles. The van der Waals surface area contributed by atoms with E-state index in [2.05, 4.69) is 10.6 Å². The second-order valence-electron chi connectivity index (χ2n) is 6.90. The Morgan fingerprint density at radius 1 is 1.30 bits per heavy atom. The molecule has 0 aliphatic carbocycles. The van der Waals surface area contributed by atoms with E-state index >= 15 is 0 Å². The van der Waals surface area contributed by atoms with Gasteiger partial charge in [-0.1, -0.05) is 6.92 Å². The topological polar surface area (TPSA) is 89.8 Å². The van der Waals surface area contributed by atoms with Crippen LogP contribution in [-0.4, -0.2) is 37.4 Å². The summed E-state index contributed by atoms with van der Waals surface area (Å²) in [6.07, 6.45) is 2.15. The molecule has 1 atom stereocenters. The number of aryl methyl sites for hydroxylation is 1. The van der Waals surface area contributed by atoms with Crippen LogP contribution in [0.3, 0.4) is 0 Å². The predicted molar refractivity (Wildman–Crippen MR) is 102 cm³/mol. The van der Waals surface area contributed by atoms with Crippen molar-refractivity contribution in [2.45, 2.75) is 33.0 Å². The van der Waals surface area contributed by atoms with Crippen molar-refractivity contribution in [3.05, 3.63) is 40.7 Å². The van der Waals surface area contributed by atoms with Gasteiger partial charge in [-0.3, -0.25) is 9.59 Å². The molecule has 1 aliphatic rings. The summed E-state index contributed by atoms with van der Waals surface area (Å²) in [4.78, 5) is 25.2. The van der Waals surface area contributed by atoms with Crippen molar-refractivity contribution in [3.63, 3.8) is 0 Å². The van der Waals surface area contributed by atoms with Crippen molar-refractivity contribution >= 4 is 28.2 Å². The Balaban J connectivity index is 1.53. The van der Waals surface area contributed by atoms with Gasteiger partial charge in [-0.05, 0) is 43.5 Å². The summed E-state index contributed by atoms with van der Waals surface area (Å²) in [7, 11) is 0. The van der Waals surface area contributed by atoms with Crippen LogP contribution in [0.15, 0.2) is 28.9 Å². The highest BCUT2D eigenvalue weighted by molar-refractivity contribution is 7.18. The average molecular weight is 392 g/mol. The monoisotopic (exact) mass is 392 g/mol. The number of rotatable bonds is 7. The van der Waals surface area contributed by atoms with E-state index in [-0.39, 0.29) is 23.5 Å². The molecule has 3 rings (SSSR count). The van der Waals surface area contributed by atoms with E-state index in [0.717, 1.165) is 5.56 Å². The van der Waals surface area contributed by atoms with E-state index < -0.39 is 5.79 Å². The lowest BCUT2D eigenvalue weighted by Gasteiger charge is -2.25. The quantitative estimate of drug-likeness (QED) is 0.754. The minimum absolute atomic E-state index is 0.152. The number of amides is 2. The molecule has 8 heteroatoms. The Bertz CT molecular complexity index is 793. The van der Waals surface area contributed by atoms with E-state index in [1.807, 2.05) is 20.8 Å². The van der Waals surface area contributed by atoms with Crippen molar-refractivity contribution in [2.24, 2.45) is 5.92 Å². The van der Waals surface area contributed by atoms with E-state index in [1.165, 1.54) is 17.6 Å². The zero-order valence-electron chi connectivity index (χ0n) is 15.7. The largest absolute Gasteiger partial charge is 0.459 e. The summed E-state index contributed by atoms with van der Waals surface area (Å²) in [6, 6.07) is 5.02. The van der Waals surface area contributed by atoms with Gasteiger partial charge in [0.05, 0.1) is 29.4 Å². The van der Waals surface area contributed by atoms with Crippen LogP contribution in [0.2, 0.25) is 0 Å². The third-order valence-electron chi connectivity index (χ3n) is 4.33. The number of hydrogen-bond donors (Lipinski definition) is 2. The van der Waals surface area contributed by atoms with Crippen molar-refractivity contribution in [1.82, 2.24) is 5.32 Å². The van der Waals surface area contributed by atoms with Crippen LogP contribution < -0.4 is 10.6 Å². The van der Waals surface area contributed by atoms with Gasteiger partial charge in [-0.15, -0.1) is 11.3 Å². The molecular weight excluding hydrogens is 368 g/mol. The summed E-state index contributed by atoms with van der Waals surface area (Å²) in [5, 5.41) is 6.31. The fourth-order valence-electron chi connectivity index (χ4n) is 3.08. The van der Waals surface area contributed by atoms with Gasteiger partial charge in [0.2, 0.25) is 0 Å². The van der Waals surface area contributed by atoms with Crippen LogP contribution in [0, 0.1) is 12.8 Å². The number of ether oxygens (including phenoxy) is 2. The molecule has 2 amide bonds. The average Bonchev–Trinajstić information content (AvgIpc) is 3.34. The van der Waals surface area contributed by atoms with Gasteiger partial charge in [0.1, 0.15) is 0 Å². The standard InChI is InChI=1S/C19H24N2O5S/c1-12(10-19(3)25-7-8-26-19)11-20-18(23)16-13(2)9-15(27-16)21-17(22)14-5-4-6-24-14/h4-6,9,12H,7-8,10-11H2,1-3H3,(H,20,23)(H,21,22). The number of carbonyl (C=O) groups excluding carboxylic acids is 2. The van der Waals surface area contributed by atoms with Crippen molar-refractivity contribution in [1.29, 1.82) is 0 Å². The number of anilines is 1. The molecule has 146 valence electrons. The Morgan fingerprint density at radius 2 is 2.04 bits per heavy atom. The first-order chi connectivity index (χ1) is 12.9. The molecular formula is C19H24N2O5S. The SMILES string of the molecule is Cc1cc(NC(=O)c2ccco2)sc1C(=O)NCC(C)CC1(C)OCCO1. The highest BCUT2D eigenvalue weighted by Gasteiger charge is 2.32. The summed E-state index contributed by atoms with van der Waals surface area (Å²) < 4.78 is 16.3. The fourth-order valence-corrected chi connectivity index (χ4v) is 4.06. The van der Waals surface area contributed by atoms with Gasteiger partial charge in [0.15, 0.2) is 11.5 Å². The van der Waals surface area contributed by atoms with Crippen molar-refractivity contribution in [3.8, 4) is 0 Å². The van der Waals surface area contributed by atoms with E-state index in [4.69, 9.17) is 13.9 Å². The molecule has 0 bridgehead atoms. The Morgan fingerprint density at radius 3 is 2.70 bits per heavy atom. The Kier molecular flexibility index (Phi) is 5.98. The van der Waals surface area contributed by atoms with Gasteiger partial charge in [0.25, 0.3) is 11.8 Å². The normalized spacial score (nSPS) is 16.9. The van der Waals surface area contributed by atoms with Gasteiger partial charge < -0.3 is 24.5 Å². The smallest absolute Gasteiger partial charge is 0.291 e. The number of hydrogen-bond acceptors (Lipinski definition) is 6. The molecule has 27 heavy (non-hydrogen) atoms. The maximum absolute atomic E-state index is 12.5. The third kappa shape index (κ3) is 4.97. The first-order valence-electron chi connectivity index (χ1n) is 8.88. The van der Waals surface area contributed by atoms with Gasteiger partial charge >= 0.3 is 0 Å². The lowest BCUT2D eigenvalue weighted by Crippen LogP contribution is -2.34. The van der Waals surface area contributed by atoms with Crippen molar-refractivity contribution < 1.29 is 23.5 Å². The lowest BCUT2D eigenvalue weighted by molar-refractivity contribution is -0.153. The third-order valence-corrected chi connectivity index (χ3v) is 5.49. The Hall–Kier alpha value is -2.16. The fraction of sp³-hybridized carbons (Fsp3) is 0.474. The first kappa shape index (κ1) is 19.6. The maximum Gasteiger partial charge on any atom is 0.291 e. The molecule has 0 radical (unpaired) electrons. The zero-order chi connectivity index (χ0) is 19.4. The molecule has 0 spiro atoms. The molecule has 0 saturated carbocycles. The van der Waals surface area contributed by atoms with Crippen molar-refractivity contribution in [2.75, 3.05) is 25.1 Å². The van der Waals surface area contributed by atoms with Crippen LogP contribution in [0.1, 0.15) is 46.1 Å². The summed E-state index contributed by atoms with van der Waals surface area (Å²) in [6.45, 7) is 7.56. The van der Waals surface area contributed by atoms with E-state index in [9.17, 15) is 9.59 Å². The first-order valence-corrected chi connectivity index (χ1v) is 9.69. The minimum atomic E-state index is -0.563. The minimum Gasteiger partial charge on any atom is -0.459 e. The molecule has 2 aromatic heterocycles.